The van der Waals surface area contributed by atoms with Crippen LogP contribution < -0.4 is 0 Å². The number of rotatable bonds is 1. The molecule has 1 N–H and O–H groups in total. The molecule has 1 heterocycles. The molecule has 1 aromatic carbocycles. The SMILES string of the molecule is O=C(O)C1=NC=CCc2ccccc2C=CC=C1. The maximum atomic E-state index is 10.9. The van der Waals surface area contributed by atoms with Gasteiger partial charge in [0.05, 0.1) is 0 Å². The van der Waals surface area contributed by atoms with Crippen molar-refractivity contribution in [3.63, 3.8) is 0 Å². The second-order valence-electron chi connectivity index (χ2n) is 3.83. The van der Waals surface area contributed by atoms with E-state index in [0.29, 0.717) is 0 Å². The van der Waals surface area contributed by atoms with Crippen molar-refractivity contribution in [1.29, 1.82) is 0 Å². The molecule has 1 aliphatic heterocycles. The summed E-state index contributed by atoms with van der Waals surface area (Å²) < 4.78 is 0. The van der Waals surface area contributed by atoms with Crippen molar-refractivity contribution in [3.8, 4) is 0 Å². The number of nitrogens with zero attached hydrogens (tertiary/aromatic N) is 1. The van der Waals surface area contributed by atoms with E-state index < -0.39 is 5.97 Å². The minimum absolute atomic E-state index is 0.0295. The molecule has 0 bridgehead atoms. The highest BCUT2D eigenvalue weighted by atomic mass is 16.4. The van der Waals surface area contributed by atoms with Crippen LogP contribution in [-0.4, -0.2) is 16.8 Å². The number of carboxylic acid groups (broad SMARTS) is 1. The van der Waals surface area contributed by atoms with Crippen LogP contribution in [0.4, 0.5) is 0 Å². The molecule has 0 aliphatic carbocycles. The van der Waals surface area contributed by atoms with Gasteiger partial charge in [-0.05, 0) is 23.6 Å². The molecule has 0 unspecified atom stereocenters. The molecule has 1 aliphatic rings. The molecule has 0 saturated carbocycles. The maximum absolute atomic E-state index is 10.9. The number of benzene rings is 1. The Morgan fingerprint density at radius 2 is 1.94 bits per heavy atom. The summed E-state index contributed by atoms with van der Waals surface area (Å²) in [6, 6.07) is 8.05. The van der Waals surface area contributed by atoms with Crippen molar-refractivity contribution in [2.24, 2.45) is 4.99 Å². The molecule has 0 fully saturated rings. The van der Waals surface area contributed by atoms with Crippen molar-refractivity contribution < 1.29 is 9.90 Å². The van der Waals surface area contributed by atoms with Gasteiger partial charge in [-0.3, -0.25) is 0 Å². The number of carboxylic acids is 1. The highest BCUT2D eigenvalue weighted by Crippen LogP contribution is 2.12. The lowest BCUT2D eigenvalue weighted by atomic mass is 10.0. The molecule has 90 valence electrons. The standard InChI is InChI=1S/C15H13NO2/c17-15(18)14-10-4-3-8-12-6-1-2-7-13(12)9-5-11-16-14/h1-8,10-11H,9H2,(H,17,18). The summed E-state index contributed by atoms with van der Waals surface area (Å²) in [5.41, 5.74) is 2.35. The van der Waals surface area contributed by atoms with Gasteiger partial charge < -0.3 is 5.11 Å². The molecule has 3 heteroatoms. The lowest BCUT2D eigenvalue weighted by Gasteiger charge is -2.01. The quantitative estimate of drug-likeness (QED) is 0.819. The second kappa shape index (κ2) is 5.77. The number of hydrogen-bond donors (Lipinski definition) is 1. The first-order chi connectivity index (χ1) is 8.77. The van der Waals surface area contributed by atoms with Crippen LogP contribution in [0.15, 0.2) is 59.8 Å². The fourth-order valence-electron chi connectivity index (χ4n) is 1.67. The van der Waals surface area contributed by atoms with Gasteiger partial charge in [-0.25, -0.2) is 9.79 Å². The van der Waals surface area contributed by atoms with E-state index in [0.717, 1.165) is 12.0 Å². The average Bonchev–Trinajstić information content (AvgIpc) is 2.41. The van der Waals surface area contributed by atoms with Gasteiger partial charge in [0.25, 0.3) is 0 Å². The molecular formula is C15H13NO2. The molecule has 0 aromatic heterocycles. The Morgan fingerprint density at radius 3 is 2.78 bits per heavy atom. The zero-order chi connectivity index (χ0) is 12.8. The summed E-state index contributed by atoms with van der Waals surface area (Å²) in [5, 5.41) is 8.92. The highest BCUT2D eigenvalue weighted by Gasteiger charge is 2.03. The second-order valence-corrected chi connectivity index (χ2v) is 3.83. The van der Waals surface area contributed by atoms with Crippen LogP contribution in [-0.2, 0) is 11.2 Å². The predicted molar refractivity (Wildman–Crippen MR) is 72.5 cm³/mol. The van der Waals surface area contributed by atoms with Gasteiger partial charge in [0, 0.05) is 6.20 Å². The Balaban J connectivity index is 2.36. The van der Waals surface area contributed by atoms with E-state index in [1.807, 2.05) is 42.5 Å². The minimum atomic E-state index is -1.03. The number of aliphatic imine (C=N–C) groups is 1. The first-order valence-electron chi connectivity index (χ1n) is 5.66. The Labute approximate surface area is 105 Å². The Kier molecular flexibility index (Phi) is 3.86. The number of carbonyl (C=O) groups is 1. The van der Waals surface area contributed by atoms with Crippen molar-refractivity contribution in [2.75, 3.05) is 0 Å². The van der Waals surface area contributed by atoms with Crippen LogP contribution in [0.5, 0.6) is 0 Å². The van der Waals surface area contributed by atoms with Gasteiger partial charge in [-0.1, -0.05) is 48.6 Å². The van der Waals surface area contributed by atoms with Crippen LogP contribution in [0.2, 0.25) is 0 Å². The largest absolute Gasteiger partial charge is 0.477 e. The smallest absolute Gasteiger partial charge is 0.354 e. The third-order valence-electron chi connectivity index (χ3n) is 2.57. The first kappa shape index (κ1) is 12.0. The van der Waals surface area contributed by atoms with Crippen molar-refractivity contribution >= 4 is 17.8 Å². The van der Waals surface area contributed by atoms with Crippen molar-refractivity contribution in [3.05, 3.63) is 65.9 Å². The molecule has 0 amide bonds. The van der Waals surface area contributed by atoms with Crippen LogP contribution in [0.25, 0.3) is 6.08 Å². The van der Waals surface area contributed by atoms with Gasteiger partial charge in [-0.2, -0.15) is 0 Å². The zero-order valence-electron chi connectivity index (χ0n) is 9.78. The Bertz CT molecular complexity index is 566. The van der Waals surface area contributed by atoms with Crippen molar-refractivity contribution in [2.45, 2.75) is 6.42 Å². The first-order valence-corrected chi connectivity index (χ1v) is 5.66. The lowest BCUT2D eigenvalue weighted by molar-refractivity contribution is -0.129. The zero-order valence-corrected chi connectivity index (χ0v) is 9.78. The third kappa shape index (κ3) is 3.04. The molecule has 0 atom stereocenters. The molecule has 1 aromatic rings. The Morgan fingerprint density at radius 1 is 1.17 bits per heavy atom. The van der Waals surface area contributed by atoms with E-state index in [1.165, 1.54) is 17.8 Å². The predicted octanol–water partition coefficient (Wildman–Crippen LogP) is 2.85. The van der Waals surface area contributed by atoms with E-state index in [2.05, 4.69) is 4.99 Å². The topological polar surface area (TPSA) is 49.7 Å². The van der Waals surface area contributed by atoms with Gasteiger partial charge >= 0.3 is 5.97 Å². The lowest BCUT2D eigenvalue weighted by Crippen LogP contribution is -2.08. The fourth-order valence-corrected chi connectivity index (χ4v) is 1.67. The maximum Gasteiger partial charge on any atom is 0.354 e. The van der Waals surface area contributed by atoms with Crippen LogP contribution in [0.3, 0.4) is 0 Å². The van der Waals surface area contributed by atoms with Gasteiger partial charge in [0.1, 0.15) is 5.71 Å². The van der Waals surface area contributed by atoms with Crippen LogP contribution >= 0.6 is 0 Å². The number of allylic oxidation sites excluding steroid dienone is 3. The summed E-state index contributed by atoms with van der Waals surface area (Å²) in [6.07, 6.45) is 11.1. The van der Waals surface area contributed by atoms with E-state index >= 15 is 0 Å². The van der Waals surface area contributed by atoms with E-state index in [-0.39, 0.29) is 5.71 Å². The number of fused-ring (bicyclic) bond motifs is 1. The van der Waals surface area contributed by atoms with Gasteiger partial charge in [-0.15, -0.1) is 0 Å². The summed E-state index contributed by atoms with van der Waals surface area (Å²) in [5.74, 6) is -1.03. The van der Waals surface area contributed by atoms with Gasteiger partial charge in [0.2, 0.25) is 0 Å². The summed E-state index contributed by atoms with van der Waals surface area (Å²) in [4.78, 5) is 14.8. The number of hydrogen-bond acceptors (Lipinski definition) is 2. The number of aliphatic carboxylic acids is 1. The monoisotopic (exact) mass is 239 g/mol. The Hall–Kier alpha value is -2.42. The molecular weight excluding hydrogens is 226 g/mol. The normalized spacial score (nSPS) is 14.6. The molecule has 0 spiro atoms. The minimum Gasteiger partial charge on any atom is -0.477 e. The summed E-state index contributed by atoms with van der Waals surface area (Å²) in [7, 11) is 0. The molecule has 3 nitrogen and oxygen atoms in total. The third-order valence-corrected chi connectivity index (χ3v) is 2.57. The van der Waals surface area contributed by atoms with Crippen molar-refractivity contribution in [1.82, 2.24) is 0 Å². The molecule has 18 heavy (non-hydrogen) atoms. The summed E-state index contributed by atoms with van der Waals surface area (Å²) >= 11 is 0. The van der Waals surface area contributed by atoms with Crippen LogP contribution in [0.1, 0.15) is 11.1 Å². The molecule has 0 radical (unpaired) electrons. The van der Waals surface area contributed by atoms with E-state index in [9.17, 15) is 4.79 Å². The average molecular weight is 239 g/mol. The fraction of sp³-hybridized carbons (Fsp3) is 0.0667. The van der Waals surface area contributed by atoms with E-state index in [4.69, 9.17) is 5.11 Å². The highest BCUT2D eigenvalue weighted by molar-refractivity contribution is 6.40. The van der Waals surface area contributed by atoms with Crippen LogP contribution in [0, 0.1) is 0 Å². The molecule has 0 saturated heterocycles. The summed E-state index contributed by atoms with van der Waals surface area (Å²) in [6.45, 7) is 0. The molecule has 2 rings (SSSR count). The van der Waals surface area contributed by atoms with Gasteiger partial charge in [0.15, 0.2) is 0 Å². The van der Waals surface area contributed by atoms with E-state index in [1.54, 1.807) is 6.08 Å².